The Labute approximate surface area is 216 Å². The Morgan fingerprint density at radius 2 is 1.29 bits per heavy atom. The van der Waals surface area contributed by atoms with Gasteiger partial charge in [0.25, 0.3) is 0 Å². The predicted octanol–water partition coefficient (Wildman–Crippen LogP) is 7.01. The topological polar surface area (TPSA) is 94.1 Å². The van der Waals surface area contributed by atoms with Gasteiger partial charge < -0.3 is 24.2 Å². The van der Waals surface area contributed by atoms with E-state index in [-0.39, 0.29) is 19.4 Å². The first kappa shape index (κ1) is 34.5. The van der Waals surface area contributed by atoms with Crippen molar-refractivity contribution in [3.63, 3.8) is 0 Å². The lowest BCUT2D eigenvalue weighted by atomic mass is 10.0. The van der Waals surface area contributed by atoms with E-state index >= 15 is 0 Å². The second kappa shape index (κ2) is 25.2. The second-order valence-electron chi connectivity index (χ2n) is 9.72. The smallest absolute Gasteiger partial charge is 0.328 e. The first-order valence-corrected chi connectivity index (χ1v) is 16.0. The molecular formula is C27H56NO6P. The van der Waals surface area contributed by atoms with E-state index < -0.39 is 19.7 Å². The van der Waals surface area contributed by atoms with E-state index in [2.05, 4.69) is 12.2 Å². The molecule has 2 atom stereocenters. The number of unbranched alkanes of at least 4 members (excludes halogenated alkanes) is 15. The number of rotatable bonds is 27. The minimum atomic E-state index is -3.68. The standard InChI is InChI=1S/C27H56NO6P/c1-4-5-6-7-8-9-10-11-12-13-14-15-16-17-18-19-22-32-24-27(34-26(2)29)25-33-35(30,31)23-20-21-28-3/h27-28H,4-25H2,1-3H3,(H,30,31). The van der Waals surface area contributed by atoms with Gasteiger partial charge in [-0.25, -0.2) is 0 Å². The molecule has 0 aromatic heterocycles. The third kappa shape index (κ3) is 26.4. The fourth-order valence-corrected chi connectivity index (χ4v) is 5.12. The molecule has 0 aliphatic rings. The van der Waals surface area contributed by atoms with Crippen LogP contribution in [0.2, 0.25) is 0 Å². The fourth-order valence-electron chi connectivity index (χ4n) is 4.04. The summed E-state index contributed by atoms with van der Waals surface area (Å²) in [7, 11) is -1.90. The molecule has 0 aromatic carbocycles. The van der Waals surface area contributed by atoms with Crippen LogP contribution in [0.4, 0.5) is 0 Å². The molecule has 0 aliphatic carbocycles. The van der Waals surface area contributed by atoms with E-state index in [4.69, 9.17) is 14.0 Å². The summed E-state index contributed by atoms with van der Waals surface area (Å²) in [5.41, 5.74) is 0. The van der Waals surface area contributed by atoms with Crippen LogP contribution in [0.25, 0.3) is 0 Å². The first-order chi connectivity index (χ1) is 16.9. The largest absolute Gasteiger partial charge is 0.458 e. The molecule has 0 spiro atoms. The summed E-state index contributed by atoms with van der Waals surface area (Å²) in [6.45, 7) is 4.86. The Kier molecular flexibility index (Phi) is 24.9. The van der Waals surface area contributed by atoms with Gasteiger partial charge in [0.2, 0.25) is 0 Å². The van der Waals surface area contributed by atoms with Crippen molar-refractivity contribution in [2.45, 2.75) is 129 Å². The Balaban J connectivity index is 3.61. The van der Waals surface area contributed by atoms with E-state index in [1.165, 1.54) is 96.8 Å². The lowest BCUT2D eigenvalue weighted by molar-refractivity contribution is -0.151. The summed E-state index contributed by atoms with van der Waals surface area (Å²) < 4.78 is 28.0. The van der Waals surface area contributed by atoms with Crippen LogP contribution in [0.5, 0.6) is 0 Å². The molecule has 0 saturated heterocycles. The van der Waals surface area contributed by atoms with Crippen LogP contribution < -0.4 is 5.32 Å². The molecule has 2 N–H and O–H groups in total. The quantitative estimate of drug-likeness (QED) is 0.0682. The number of hydrogen-bond acceptors (Lipinski definition) is 6. The lowest BCUT2D eigenvalue weighted by Crippen LogP contribution is -2.27. The van der Waals surface area contributed by atoms with Crippen LogP contribution >= 0.6 is 7.60 Å². The van der Waals surface area contributed by atoms with Gasteiger partial charge in [0.1, 0.15) is 6.10 Å². The number of hydrogen-bond donors (Lipinski definition) is 2. The van der Waals surface area contributed by atoms with Gasteiger partial charge in [-0.15, -0.1) is 0 Å². The Bertz CT molecular complexity index is 520. The third-order valence-electron chi connectivity index (χ3n) is 6.11. The fraction of sp³-hybridized carbons (Fsp3) is 0.963. The van der Waals surface area contributed by atoms with Gasteiger partial charge in [0.15, 0.2) is 0 Å². The van der Waals surface area contributed by atoms with Crippen LogP contribution in [-0.2, 0) is 23.4 Å². The van der Waals surface area contributed by atoms with Crippen LogP contribution in [0.1, 0.15) is 123 Å². The zero-order valence-electron chi connectivity index (χ0n) is 23.1. The van der Waals surface area contributed by atoms with Crippen LogP contribution in [0, 0.1) is 0 Å². The van der Waals surface area contributed by atoms with Gasteiger partial charge >= 0.3 is 13.6 Å². The molecule has 0 saturated carbocycles. The van der Waals surface area contributed by atoms with E-state index in [1.807, 2.05) is 0 Å². The highest BCUT2D eigenvalue weighted by Gasteiger charge is 2.22. The average molecular weight is 522 g/mol. The van der Waals surface area contributed by atoms with Crippen molar-refractivity contribution in [2.24, 2.45) is 0 Å². The van der Waals surface area contributed by atoms with Crippen LogP contribution in [-0.4, -0.2) is 56.5 Å². The van der Waals surface area contributed by atoms with Crippen LogP contribution in [0.3, 0.4) is 0 Å². The summed E-state index contributed by atoms with van der Waals surface area (Å²) in [5, 5.41) is 2.93. The summed E-state index contributed by atoms with van der Waals surface area (Å²) in [6.07, 6.45) is 21.2. The molecule has 8 heteroatoms. The second-order valence-corrected chi connectivity index (χ2v) is 11.7. The Morgan fingerprint density at radius 1 is 0.800 bits per heavy atom. The van der Waals surface area contributed by atoms with E-state index in [9.17, 15) is 14.3 Å². The molecule has 0 amide bonds. The zero-order valence-corrected chi connectivity index (χ0v) is 24.0. The number of esters is 1. The minimum absolute atomic E-state index is 0.0701. The van der Waals surface area contributed by atoms with E-state index in [1.54, 1.807) is 7.05 Å². The number of carbonyl (C=O) groups is 1. The van der Waals surface area contributed by atoms with Crippen molar-refractivity contribution in [1.29, 1.82) is 0 Å². The Morgan fingerprint density at radius 3 is 1.74 bits per heavy atom. The summed E-state index contributed by atoms with van der Waals surface area (Å²) in [6, 6.07) is 0. The molecule has 0 heterocycles. The van der Waals surface area contributed by atoms with Gasteiger partial charge in [-0.1, -0.05) is 103 Å². The highest BCUT2D eigenvalue weighted by molar-refractivity contribution is 7.52. The molecule has 0 aliphatic heterocycles. The Hall–Kier alpha value is -0.460. The lowest BCUT2D eigenvalue weighted by Gasteiger charge is -2.19. The highest BCUT2D eigenvalue weighted by Crippen LogP contribution is 2.42. The molecule has 0 radical (unpaired) electrons. The molecule has 35 heavy (non-hydrogen) atoms. The van der Waals surface area contributed by atoms with E-state index in [0.717, 1.165) is 12.8 Å². The maximum absolute atomic E-state index is 12.0. The number of carbonyl (C=O) groups excluding carboxylic acids is 1. The maximum atomic E-state index is 12.0. The van der Waals surface area contributed by atoms with Crippen molar-refractivity contribution >= 4 is 13.6 Å². The maximum Gasteiger partial charge on any atom is 0.328 e. The highest BCUT2D eigenvalue weighted by atomic mass is 31.2. The third-order valence-corrected chi connectivity index (χ3v) is 7.54. The van der Waals surface area contributed by atoms with Crippen molar-refractivity contribution in [3.05, 3.63) is 0 Å². The molecule has 0 aromatic rings. The van der Waals surface area contributed by atoms with Gasteiger partial charge in [-0.3, -0.25) is 9.36 Å². The molecule has 0 rings (SSSR count). The SMILES string of the molecule is CCCCCCCCCCCCCCCCCCOCC(COP(=O)(O)CCCNC)OC(C)=O. The molecule has 0 fully saturated rings. The molecule has 2 unspecified atom stereocenters. The van der Waals surface area contributed by atoms with Gasteiger partial charge in [0, 0.05) is 13.5 Å². The van der Waals surface area contributed by atoms with E-state index in [0.29, 0.717) is 19.6 Å². The number of nitrogens with one attached hydrogen (secondary N) is 1. The summed E-state index contributed by atoms with van der Waals surface area (Å²) in [5.74, 6) is -0.451. The van der Waals surface area contributed by atoms with Crippen molar-refractivity contribution < 1.29 is 28.3 Å². The number of ether oxygens (including phenoxy) is 2. The monoisotopic (exact) mass is 521 g/mol. The van der Waals surface area contributed by atoms with Gasteiger partial charge in [-0.05, 0) is 26.4 Å². The van der Waals surface area contributed by atoms with Crippen molar-refractivity contribution in [3.8, 4) is 0 Å². The van der Waals surface area contributed by atoms with Gasteiger partial charge in [0.05, 0.1) is 19.4 Å². The molecule has 0 bridgehead atoms. The minimum Gasteiger partial charge on any atom is -0.458 e. The average Bonchev–Trinajstić information content (AvgIpc) is 2.81. The normalized spacial score (nSPS) is 14.1. The molecule has 210 valence electrons. The summed E-state index contributed by atoms with van der Waals surface area (Å²) >= 11 is 0. The van der Waals surface area contributed by atoms with Crippen molar-refractivity contribution in [2.75, 3.05) is 39.6 Å². The zero-order chi connectivity index (χ0) is 26.0. The van der Waals surface area contributed by atoms with Gasteiger partial charge in [-0.2, -0.15) is 0 Å². The molecular weight excluding hydrogens is 465 g/mol. The molecule has 7 nitrogen and oxygen atoms in total. The summed E-state index contributed by atoms with van der Waals surface area (Å²) in [4.78, 5) is 21.2. The predicted molar refractivity (Wildman–Crippen MR) is 145 cm³/mol. The first-order valence-electron chi connectivity index (χ1n) is 14.3. The van der Waals surface area contributed by atoms with Crippen LogP contribution in [0.15, 0.2) is 0 Å². The van der Waals surface area contributed by atoms with Crippen molar-refractivity contribution in [1.82, 2.24) is 5.32 Å².